The molecule has 0 spiro atoms. The molecule has 0 heterocycles. The molecule has 0 saturated carbocycles. The van der Waals surface area contributed by atoms with Crippen LogP contribution in [0, 0.1) is 12.7 Å². The summed E-state index contributed by atoms with van der Waals surface area (Å²) in [5.41, 5.74) is 1.09. The zero-order valence-corrected chi connectivity index (χ0v) is 10.9. The molecule has 2 atom stereocenters. The van der Waals surface area contributed by atoms with Crippen LogP contribution in [0.1, 0.15) is 23.4 Å². The van der Waals surface area contributed by atoms with E-state index in [1.165, 1.54) is 12.1 Å². The Morgan fingerprint density at radius 2 is 1.94 bits per heavy atom. The van der Waals surface area contributed by atoms with Crippen molar-refractivity contribution in [1.29, 1.82) is 0 Å². The van der Waals surface area contributed by atoms with E-state index in [0.717, 1.165) is 6.26 Å². The number of halogens is 2. The molecule has 0 radical (unpaired) electrons. The molecule has 90 valence electrons. The first-order valence-electron chi connectivity index (χ1n) is 4.82. The van der Waals surface area contributed by atoms with E-state index in [4.69, 9.17) is 11.6 Å². The van der Waals surface area contributed by atoms with Crippen LogP contribution in [-0.2, 0) is 9.84 Å². The van der Waals surface area contributed by atoms with E-state index >= 15 is 0 Å². The van der Waals surface area contributed by atoms with Gasteiger partial charge in [0.2, 0.25) is 0 Å². The summed E-state index contributed by atoms with van der Waals surface area (Å²) in [6.45, 7) is 3.17. The lowest BCUT2D eigenvalue weighted by Gasteiger charge is -2.17. The molecule has 1 aromatic carbocycles. The van der Waals surface area contributed by atoms with Crippen LogP contribution in [0.4, 0.5) is 4.39 Å². The number of benzene rings is 1. The van der Waals surface area contributed by atoms with Gasteiger partial charge in [-0.2, -0.15) is 0 Å². The Hall–Kier alpha value is -0.610. The van der Waals surface area contributed by atoms with Crippen molar-refractivity contribution in [3.63, 3.8) is 0 Å². The minimum absolute atomic E-state index is 0.320. The monoisotopic (exact) mass is 264 g/mol. The van der Waals surface area contributed by atoms with E-state index < -0.39 is 20.5 Å². The van der Waals surface area contributed by atoms with E-state index in [2.05, 4.69) is 0 Å². The third-order valence-electron chi connectivity index (χ3n) is 2.59. The summed E-state index contributed by atoms with van der Waals surface area (Å²) >= 11 is 6.06. The molecule has 16 heavy (non-hydrogen) atoms. The van der Waals surface area contributed by atoms with Crippen molar-refractivity contribution in [2.75, 3.05) is 6.26 Å². The fourth-order valence-electron chi connectivity index (χ4n) is 1.33. The SMILES string of the molecule is Cc1cc(C(Cl)C(C)S(C)(=O)=O)ccc1F. The molecule has 2 nitrogen and oxygen atoms in total. The molecule has 2 unspecified atom stereocenters. The standard InChI is InChI=1S/C11H14ClFO2S/c1-7-6-9(4-5-10(7)13)11(12)8(2)16(3,14)15/h4-6,8,11H,1-3H3. The first-order chi connectivity index (χ1) is 7.23. The highest BCUT2D eigenvalue weighted by atomic mass is 35.5. The third-order valence-corrected chi connectivity index (χ3v) is 4.99. The van der Waals surface area contributed by atoms with Crippen molar-refractivity contribution in [3.8, 4) is 0 Å². The van der Waals surface area contributed by atoms with Gasteiger partial charge in [-0.1, -0.05) is 12.1 Å². The Bertz CT molecular complexity index is 485. The molecule has 1 aromatic rings. The summed E-state index contributed by atoms with van der Waals surface area (Å²) in [5.74, 6) is -0.320. The minimum atomic E-state index is -3.20. The van der Waals surface area contributed by atoms with Crippen molar-refractivity contribution in [1.82, 2.24) is 0 Å². The van der Waals surface area contributed by atoms with Crippen molar-refractivity contribution >= 4 is 21.4 Å². The number of rotatable bonds is 3. The quantitative estimate of drug-likeness (QED) is 0.787. The Kier molecular flexibility index (Phi) is 3.97. The smallest absolute Gasteiger partial charge is 0.151 e. The van der Waals surface area contributed by atoms with E-state index in [1.807, 2.05) is 0 Å². The van der Waals surface area contributed by atoms with Crippen LogP contribution in [0.15, 0.2) is 18.2 Å². The molecule has 0 saturated heterocycles. The summed E-state index contributed by atoms with van der Waals surface area (Å²) in [7, 11) is -3.20. The summed E-state index contributed by atoms with van der Waals surface area (Å²) < 4.78 is 35.7. The molecule has 0 bridgehead atoms. The molecular weight excluding hydrogens is 251 g/mol. The first kappa shape index (κ1) is 13.5. The minimum Gasteiger partial charge on any atom is -0.229 e. The lowest BCUT2D eigenvalue weighted by atomic mass is 10.1. The number of hydrogen-bond acceptors (Lipinski definition) is 2. The predicted molar refractivity (Wildman–Crippen MR) is 64.0 cm³/mol. The maximum Gasteiger partial charge on any atom is 0.151 e. The van der Waals surface area contributed by atoms with Gasteiger partial charge in [-0.3, -0.25) is 0 Å². The normalized spacial score (nSPS) is 15.8. The molecular formula is C11H14ClFO2S. The zero-order chi connectivity index (χ0) is 12.5. The predicted octanol–water partition coefficient (Wildman–Crippen LogP) is 2.85. The number of hydrogen-bond donors (Lipinski definition) is 0. The second-order valence-corrected chi connectivity index (χ2v) is 6.82. The van der Waals surface area contributed by atoms with Crippen LogP contribution in [0.3, 0.4) is 0 Å². The second-order valence-electron chi connectivity index (χ2n) is 3.95. The van der Waals surface area contributed by atoms with Crippen molar-refractivity contribution in [2.45, 2.75) is 24.5 Å². The molecule has 0 aliphatic carbocycles. The van der Waals surface area contributed by atoms with Crippen LogP contribution in [-0.4, -0.2) is 19.9 Å². The van der Waals surface area contributed by atoms with E-state index in [9.17, 15) is 12.8 Å². The average molecular weight is 265 g/mol. The van der Waals surface area contributed by atoms with E-state index in [-0.39, 0.29) is 5.82 Å². The average Bonchev–Trinajstić information content (AvgIpc) is 2.18. The molecule has 0 N–H and O–H groups in total. The second kappa shape index (κ2) is 4.72. The van der Waals surface area contributed by atoms with Crippen molar-refractivity contribution in [2.24, 2.45) is 0 Å². The maximum atomic E-state index is 13.0. The molecule has 5 heteroatoms. The van der Waals surface area contributed by atoms with Crippen LogP contribution in [0.25, 0.3) is 0 Å². The van der Waals surface area contributed by atoms with Gasteiger partial charge in [-0.15, -0.1) is 11.6 Å². The largest absolute Gasteiger partial charge is 0.229 e. The van der Waals surface area contributed by atoms with E-state index in [1.54, 1.807) is 19.9 Å². The van der Waals surface area contributed by atoms with Gasteiger partial charge in [0.05, 0.1) is 10.6 Å². The maximum absolute atomic E-state index is 13.0. The topological polar surface area (TPSA) is 34.1 Å². The number of aryl methyl sites for hydroxylation is 1. The van der Waals surface area contributed by atoms with Gasteiger partial charge in [-0.25, -0.2) is 12.8 Å². The van der Waals surface area contributed by atoms with Gasteiger partial charge in [-0.05, 0) is 31.0 Å². The fraction of sp³-hybridized carbons (Fsp3) is 0.455. The summed E-state index contributed by atoms with van der Waals surface area (Å²) in [4.78, 5) is 0. The Labute approximate surface area is 100 Å². The molecule has 0 aliphatic rings. The van der Waals surface area contributed by atoms with Crippen molar-refractivity contribution < 1.29 is 12.8 Å². The summed E-state index contributed by atoms with van der Waals surface area (Å²) in [6, 6.07) is 4.39. The highest BCUT2D eigenvalue weighted by Crippen LogP contribution is 2.29. The van der Waals surface area contributed by atoms with Gasteiger partial charge < -0.3 is 0 Å². The van der Waals surface area contributed by atoms with Gasteiger partial charge in [0.25, 0.3) is 0 Å². The van der Waals surface area contributed by atoms with Crippen molar-refractivity contribution in [3.05, 3.63) is 35.1 Å². The Morgan fingerprint density at radius 3 is 2.38 bits per heavy atom. The van der Waals surface area contributed by atoms with Crippen LogP contribution in [0.2, 0.25) is 0 Å². The highest BCUT2D eigenvalue weighted by molar-refractivity contribution is 7.91. The lowest BCUT2D eigenvalue weighted by Crippen LogP contribution is -2.21. The van der Waals surface area contributed by atoms with E-state index in [0.29, 0.717) is 11.1 Å². The van der Waals surface area contributed by atoms with Crippen LogP contribution < -0.4 is 0 Å². The van der Waals surface area contributed by atoms with Gasteiger partial charge in [0, 0.05) is 6.26 Å². The summed E-state index contributed by atoms with van der Waals surface area (Å²) in [5, 5.41) is -1.35. The van der Waals surface area contributed by atoms with Gasteiger partial charge >= 0.3 is 0 Å². The summed E-state index contributed by atoms with van der Waals surface area (Å²) in [6.07, 6.45) is 1.14. The van der Waals surface area contributed by atoms with Crippen LogP contribution in [0.5, 0.6) is 0 Å². The Morgan fingerprint density at radius 1 is 1.38 bits per heavy atom. The fourth-order valence-corrected chi connectivity index (χ4v) is 2.61. The Balaban J connectivity index is 3.06. The molecule has 0 amide bonds. The first-order valence-corrected chi connectivity index (χ1v) is 7.21. The van der Waals surface area contributed by atoms with Gasteiger partial charge in [0.1, 0.15) is 5.82 Å². The third kappa shape index (κ3) is 2.95. The molecule has 1 rings (SSSR count). The zero-order valence-electron chi connectivity index (χ0n) is 9.37. The van der Waals surface area contributed by atoms with Crippen LogP contribution >= 0.6 is 11.6 Å². The lowest BCUT2D eigenvalue weighted by molar-refractivity contribution is 0.586. The number of sulfone groups is 1. The molecule has 0 aromatic heterocycles. The highest BCUT2D eigenvalue weighted by Gasteiger charge is 2.25. The number of alkyl halides is 1. The molecule has 0 aliphatic heterocycles. The molecule has 0 fully saturated rings. The van der Waals surface area contributed by atoms with Gasteiger partial charge in [0.15, 0.2) is 9.84 Å².